The van der Waals surface area contributed by atoms with E-state index in [0.717, 1.165) is 17.0 Å². The average Bonchev–Trinajstić information content (AvgIpc) is 2.80. The summed E-state index contributed by atoms with van der Waals surface area (Å²) >= 11 is 0. The van der Waals surface area contributed by atoms with Gasteiger partial charge in [0.05, 0.1) is 15.5 Å². The summed E-state index contributed by atoms with van der Waals surface area (Å²) in [6.07, 6.45) is 0. The molecule has 0 unspecified atom stereocenters. The van der Waals surface area contributed by atoms with Crippen molar-refractivity contribution in [3.8, 4) is 0 Å². The predicted octanol–water partition coefficient (Wildman–Crippen LogP) is 1.01. The summed E-state index contributed by atoms with van der Waals surface area (Å²) in [6.45, 7) is 5.16. The Kier molecular flexibility index (Phi) is 5.88. The fraction of sp³-hybridized carbons (Fsp3) is 0.400. The number of sulfonamides is 1. The Morgan fingerprint density at radius 3 is 2.36 bits per heavy atom. The van der Waals surface area contributed by atoms with Gasteiger partial charge in [0.25, 0.3) is 5.69 Å². The van der Waals surface area contributed by atoms with Crippen molar-refractivity contribution in [3.05, 3.63) is 51.3 Å². The van der Waals surface area contributed by atoms with E-state index in [4.69, 9.17) is 0 Å². The third kappa shape index (κ3) is 4.62. The van der Waals surface area contributed by atoms with Crippen molar-refractivity contribution < 1.29 is 13.3 Å². The number of non-ortho nitro benzene ring substituents is 1. The van der Waals surface area contributed by atoms with Crippen molar-refractivity contribution in [1.82, 2.24) is 19.8 Å². The second-order valence-corrected chi connectivity index (χ2v) is 7.37. The molecule has 0 aliphatic rings. The quantitative estimate of drug-likeness (QED) is 0.408. The monoisotopic (exact) mass is 367 g/mol. The second-order valence-electron chi connectivity index (χ2n) is 5.60. The van der Waals surface area contributed by atoms with Crippen molar-refractivity contribution >= 4 is 15.7 Å². The first kappa shape index (κ1) is 19.0. The molecule has 0 spiro atoms. The number of nitro groups is 1. The van der Waals surface area contributed by atoms with E-state index < -0.39 is 14.9 Å². The van der Waals surface area contributed by atoms with Crippen LogP contribution in [0.4, 0.5) is 5.69 Å². The maximum atomic E-state index is 12.1. The van der Waals surface area contributed by atoms with Gasteiger partial charge in [-0.3, -0.25) is 14.8 Å². The summed E-state index contributed by atoms with van der Waals surface area (Å²) in [6, 6.07) is 4.77. The Morgan fingerprint density at radius 2 is 1.84 bits per heavy atom. The minimum absolute atomic E-state index is 0.00273. The average molecular weight is 367 g/mol. The number of aromatic nitrogens is 2. The SMILES string of the molecule is Cc1nn(C)c(C)c1CNCCNS(=O)(=O)c1ccc([N+](=O)[O-])cc1. The van der Waals surface area contributed by atoms with Crippen LogP contribution in [0.1, 0.15) is 17.0 Å². The fourth-order valence-electron chi connectivity index (χ4n) is 2.39. The van der Waals surface area contributed by atoms with Crippen molar-refractivity contribution in [2.45, 2.75) is 25.3 Å². The van der Waals surface area contributed by atoms with Crippen molar-refractivity contribution in [3.63, 3.8) is 0 Å². The zero-order valence-corrected chi connectivity index (χ0v) is 15.1. The summed E-state index contributed by atoms with van der Waals surface area (Å²) in [7, 11) is -1.81. The molecule has 0 aliphatic carbocycles. The summed E-state index contributed by atoms with van der Waals surface area (Å²) in [5, 5.41) is 18.1. The van der Waals surface area contributed by atoms with Gasteiger partial charge in [0.15, 0.2) is 0 Å². The number of benzene rings is 1. The zero-order chi connectivity index (χ0) is 18.6. The lowest BCUT2D eigenvalue weighted by molar-refractivity contribution is -0.384. The van der Waals surface area contributed by atoms with Crippen LogP contribution < -0.4 is 10.0 Å². The van der Waals surface area contributed by atoms with Gasteiger partial charge in [0.2, 0.25) is 10.0 Å². The van der Waals surface area contributed by atoms with Crippen molar-refractivity contribution in [2.75, 3.05) is 13.1 Å². The summed E-state index contributed by atoms with van der Waals surface area (Å²) in [5.41, 5.74) is 2.96. The lowest BCUT2D eigenvalue weighted by Crippen LogP contribution is -2.31. The van der Waals surface area contributed by atoms with Crippen molar-refractivity contribution in [1.29, 1.82) is 0 Å². The molecule has 1 aromatic carbocycles. The van der Waals surface area contributed by atoms with E-state index in [0.29, 0.717) is 13.1 Å². The largest absolute Gasteiger partial charge is 0.311 e. The highest BCUT2D eigenvalue weighted by Crippen LogP contribution is 2.15. The number of rotatable bonds is 8. The van der Waals surface area contributed by atoms with E-state index in [9.17, 15) is 18.5 Å². The standard InChI is InChI=1S/C15H21N5O4S/c1-11-15(12(2)19(3)18-11)10-16-8-9-17-25(23,24)14-6-4-13(5-7-14)20(21)22/h4-7,16-17H,8-10H2,1-3H3. The molecule has 0 amide bonds. The van der Waals surface area contributed by atoms with Gasteiger partial charge in [0, 0.05) is 50.1 Å². The topological polar surface area (TPSA) is 119 Å². The van der Waals surface area contributed by atoms with Gasteiger partial charge in [-0.2, -0.15) is 5.10 Å². The molecule has 0 saturated heterocycles. The lowest BCUT2D eigenvalue weighted by Gasteiger charge is -2.08. The van der Waals surface area contributed by atoms with E-state index >= 15 is 0 Å². The first-order chi connectivity index (χ1) is 11.7. The molecule has 0 bridgehead atoms. The molecular weight excluding hydrogens is 346 g/mol. The zero-order valence-electron chi connectivity index (χ0n) is 14.3. The van der Waals surface area contributed by atoms with Crippen molar-refractivity contribution in [2.24, 2.45) is 7.05 Å². The molecule has 2 N–H and O–H groups in total. The third-order valence-corrected chi connectivity index (χ3v) is 5.39. The molecule has 2 rings (SSSR count). The maximum absolute atomic E-state index is 12.1. The number of nitro benzene ring substituents is 1. The molecular formula is C15H21N5O4S. The molecule has 0 saturated carbocycles. The summed E-state index contributed by atoms with van der Waals surface area (Å²) in [5.74, 6) is 0. The fourth-order valence-corrected chi connectivity index (χ4v) is 3.42. The minimum Gasteiger partial charge on any atom is -0.311 e. The lowest BCUT2D eigenvalue weighted by atomic mass is 10.2. The number of hydrogen-bond donors (Lipinski definition) is 2. The van der Waals surface area contributed by atoms with E-state index in [-0.39, 0.29) is 17.1 Å². The van der Waals surface area contributed by atoms with Gasteiger partial charge < -0.3 is 5.32 Å². The van der Waals surface area contributed by atoms with Crippen LogP contribution in [0.15, 0.2) is 29.2 Å². The Bertz CT molecular complexity index is 859. The van der Waals surface area contributed by atoms with E-state index in [1.54, 1.807) is 0 Å². The van der Waals surface area contributed by atoms with E-state index in [2.05, 4.69) is 15.1 Å². The van der Waals surface area contributed by atoms with Crippen LogP contribution in [-0.4, -0.2) is 36.2 Å². The summed E-state index contributed by atoms with van der Waals surface area (Å²) < 4.78 is 28.5. The van der Waals surface area contributed by atoms with Crippen LogP contribution in [0.2, 0.25) is 0 Å². The van der Waals surface area contributed by atoms with E-state index in [1.165, 1.54) is 24.3 Å². The Morgan fingerprint density at radius 1 is 1.20 bits per heavy atom. The predicted molar refractivity (Wildman–Crippen MR) is 92.7 cm³/mol. The second kappa shape index (κ2) is 7.72. The van der Waals surface area contributed by atoms with Gasteiger partial charge in [-0.05, 0) is 26.0 Å². The van der Waals surface area contributed by atoms with Crippen LogP contribution >= 0.6 is 0 Å². The maximum Gasteiger partial charge on any atom is 0.269 e. The molecule has 10 heteroatoms. The molecule has 25 heavy (non-hydrogen) atoms. The minimum atomic E-state index is -3.69. The molecule has 0 radical (unpaired) electrons. The van der Waals surface area contributed by atoms with E-state index in [1.807, 2.05) is 25.6 Å². The highest BCUT2D eigenvalue weighted by Gasteiger charge is 2.15. The molecule has 136 valence electrons. The van der Waals surface area contributed by atoms with Crippen LogP contribution in [0.25, 0.3) is 0 Å². The highest BCUT2D eigenvalue weighted by molar-refractivity contribution is 7.89. The number of nitrogens with one attached hydrogen (secondary N) is 2. The molecule has 2 aromatic rings. The Balaban J connectivity index is 1.85. The third-order valence-electron chi connectivity index (χ3n) is 3.91. The number of aryl methyl sites for hydroxylation is 2. The number of hydrogen-bond acceptors (Lipinski definition) is 6. The molecule has 0 atom stereocenters. The first-order valence-corrected chi connectivity index (χ1v) is 9.14. The Hall–Kier alpha value is -2.30. The smallest absolute Gasteiger partial charge is 0.269 e. The van der Waals surface area contributed by atoms with Crippen LogP contribution in [0.3, 0.4) is 0 Å². The van der Waals surface area contributed by atoms with Crippen LogP contribution in [0.5, 0.6) is 0 Å². The summed E-state index contributed by atoms with van der Waals surface area (Å²) in [4.78, 5) is 10.0. The highest BCUT2D eigenvalue weighted by atomic mass is 32.2. The van der Waals surface area contributed by atoms with Gasteiger partial charge in [0.1, 0.15) is 0 Å². The molecule has 1 heterocycles. The molecule has 9 nitrogen and oxygen atoms in total. The van der Waals surface area contributed by atoms with Gasteiger partial charge >= 0.3 is 0 Å². The normalized spacial score (nSPS) is 11.6. The van der Waals surface area contributed by atoms with Crippen LogP contribution in [-0.2, 0) is 23.6 Å². The molecule has 0 fully saturated rings. The Labute approximate surface area is 146 Å². The van der Waals surface area contributed by atoms with Gasteiger partial charge in [-0.25, -0.2) is 13.1 Å². The number of nitrogens with zero attached hydrogens (tertiary/aromatic N) is 3. The first-order valence-electron chi connectivity index (χ1n) is 7.66. The van der Waals surface area contributed by atoms with Gasteiger partial charge in [-0.1, -0.05) is 0 Å². The van der Waals surface area contributed by atoms with Gasteiger partial charge in [-0.15, -0.1) is 0 Å². The molecule has 0 aliphatic heterocycles. The molecule has 1 aromatic heterocycles. The van der Waals surface area contributed by atoms with Crippen LogP contribution in [0, 0.1) is 24.0 Å².